The second-order valence-electron chi connectivity index (χ2n) is 10.5. The summed E-state index contributed by atoms with van der Waals surface area (Å²) in [5, 5.41) is 29.5. The molecule has 4 rings (SSSR count). The predicted octanol–water partition coefficient (Wildman–Crippen LogP) is -2.07. The van der Waals surface area contributed by atoms with Gasteiger partial charge in [0.15, 0.2) is 5.52 Å². The lowest BCUT2D eigenvalue weighted by Crippen LogP contribution is -2.50. The molecule has 0 saturated carbocycles. The van der Waals surface area contributed by atoms with Crippen molar-refractivity contribution in [1.29, 1.82) is 0 Å². The molecule has 0 aliphatic carbocycles. The number of piperazine rings is 1. The van der Waals surface area contributed by atoms with E-state index in [-0.39, 0.29) is 16.3 Å². The Bertz CT molecular complexity index is 1700. The van der Waals surface area contributed by atoms with Gasteiger partial charge >= 0.3 is 0 Å². The summed E-state index contributed by atoms with van der Waals surface area (Å²) in [4.78, 5) is 22.7. The van der Waals surface area contributed by atoms with Gasteiger partial charge < -0.3 is 44.8 Å². The lowest BCUT2D eigenvalue weighted by Gasteiger charge is -2.31. The molecule has 1 aliphatic heterocycles. The summed E-state index contributed by atoms with van der Waals surface area (Å²) in [6.45, 7) is 5.27. The molecule has 0 atom stereocenters. The van der Waals surface area contributed by atoms with Gasteiger partial charge in [-0.3, -0.25) is 17.9 Å². The van der Waals surface area contributed by atoms with E-state index in [0.29, 0.717) is 61.6 Å². The molecule has 0 spiro atoms. The summed E-state index contributed by atoms with van der Waals surface area (Å²) < 4.78 is 69.5. The van der Waals surface area contributed by atoms with Crippen molar-refractivity contribution in [3.8, 4) is 17.1 Å². The van der Waals surface area contributed by atoms with E-state index in [2.05, 4.69) is 15.0 Å². The number of aliphatic hydroxyl groups is 3. The number of aromatic amines is 1. The van der Waals surface area contributed by atoms with Crippen molar-refractivity contribution in [1.82, 2.24) is 29.0 Å². The van der Waals surface area contributed by atoms with Crippen LogP contribution in [0.25, 0.3) is 22.4 Å². The lowest BCUT2D eigenvalue weighted by molar-refractivity contribution is 0.0697. The van der Waals surface area contributed by atoms with Crippen LogP contribution in [0.2, 0.25) is 0 Å². The van der Waals surface area contributed by atoms with Gasteiger partial charge in [-0.15, -0.1) is 0 Å². The Morgan fingerprint density at radius 1 is 1.02 bits per heavy atom. The maximum Gasteiger partial charge on any atom is 0.277 e. The largest absolute Gasteiger partial charge is 0.759 e. The number of hydrogen-bond acceptors (Lipinski definition) is 15. The highest BCUT2D eigenvalue weighted by Gasteiger charge is 2.29. The molecule has 1 aliphatic rings. The van der Waals surface area contributed by atoms with Crippen LogP contribution in [0.15, 0.2) is 27.9 Å². The monoisotopic (exact) mass is 691 g/mol. The number of nitrogens with two attached hydrogens (primary N) is 1. The molecule has 0 unspecified atom stereocenters. The molecular weight excluding hydrogens is 650 g/mol. The minimum absolute atomic E-state index is 0.147. The average Bonchev–Trinajstić information content (AvgIpc) is 3.32. The third-order valence-corrected chi connectivity index (χ3v) is 8.69. The molecule has 0 amide bonds. The molecule has 1 aromatic carbocycles. The summed E-state index contributed by atoms with van der Waals surface area (Å²) in [5.74, 6) is 0.718. The molecule has 3 heterocycles. The number of aromatic nitrogens is 4. The van der Waals surface area contributed by atoms with Crippen LogP contribution in [-0.2, 0) is 33.9 Å². The van der Waals surface area contributed by atoms with Gasteiger partial charge in [0.25, 0.3) is 5.56 Å². The van der Waals surface area contributed by atoms with E-state index in [1.54, 1.807) is 25.2 Å². The smallest absolute Gasteiger partial charge is 0.277 e. The average molecular weight is 692 g/mol. The number of rotatable bonds is 10. The fourth-order valence-electron chi connectivity index (χ4n) is 4.24. The Hall–Kier alpha value is -3.05. The Labute approximate surface area is 267 Å². The number of aryl methyl sites for hydroxylation is 2. The zero-order valence-electron chi connectivity index (χ0n) is 26.0. The fourth-order valence-corrected chi connectivity index (χ4v) is 5.69. The van der Waals surface area contributed by atoms with Crippen LogP contribution in [0, 0.1) is 0 Å². The van der Waals surface area contributed by atoms with Gasteiger partial charge in [-0.05, 0) is 38.6 Å². The lowest BCUT2D eigenvalue weighted by atomic mass is 10.1. The molecule has 0 radical (unpaired) electrons. The van der Waals surface area contributed by atoms with E-state index in [4.69, 9.17) is 48.3 Å². The van der Waals surface area contributed by atoms with Crippen molar-refractivity contribution in [2.75, 3.05) is 59.7 Å². The van der Waals surface area contributed by atoms with Crippen molar-refractivity contribution in [2.45, 2.75) is 37.1 Å². The number of ether oxygens (including phenoxy) is 1. The zero-order chi connectivity index (χ0) is 34.9. The second-order valence-corrected chi connectivity index (χ2v) is 13.2. The van der Waals surface area contributed by atoms with Crippen molar-refractivity contribution in [2.24, 2.45) is 12.8 Å². The van der Waals surface area contributed by atoms with Gasteiger partial charge in [0.1, 0.15) is 17.1 Å². The van der Waals surface area contributed by atoms with Crippen LogP contribution < -0.4 is 16.0 Å². The number of H-pyrrole nitrogens is 1. The highest BCUT2D eigenvalue weighted by Crippen LogP contribution is 2.32. The number of hydrogen-bond donors (Lipinski definition) is 5. The first-order valence-corrected chi connectivity index (χ1v) is 16.9. The van der Waals surface area contributed by atoms with Crippen LogP contribution in [0.1, 0.15) is 26.0 Å². The van der Waals surface area contributed by atoms with E-state index in [0.717, 1.165) is 12.1 Å². The van der Waals surface area contributed by atoms with Crippen LogP contribution in [0.5, 0.6) is 5.75 Å². The van der Waals surface area contributed by atoms with E-state index in [9.17, 15) is 13.2 Å². The van der Waals surface area contributed by atoms with Gasteiger partial charge in [-0.2, -0.15) is 9.40 Å². The Morgan fingerprint density at radius 3 is 2.07 bits per heavy atom. The van der Waals surface area contributed by atoms with Gasteiger partial charge in [0.05, 0.1) is 48.1 Å². The quantitative estimate of drug-likeness (QED) is 0.113. The third kappa shape index (κ3) is 10.5. The highest BCUT2D eigenvalue weighted by molar-refractivity contribution is 7.89. The first kappa shape index (κ1) is 39.1. The van der Waals surface area contributed by atoms with E-state index in [1.807, 2.05) is 20.9 Å². The SMILES string of the molecule is CCCc1nn(C)c2c(=O)[nH]c(-c3cc(S(=O)(=O)N4CCN(C)CC4)ccc3OCC)nc12.NC(CO)(CO)CO.O=S(=O)([O-])[O-]. The van der Waals surface area contributed by atoms with Crippen LogP contribution in [-0.4, -0.2) is 135 Å². The molecule has 0 bridgehead atoms. The number of aliphatic hydroxyl groups excluding tert-OH is 3. The number of sulfonamides is 1. The molecule has 3 aromatic rings. The third-order valence-electron chi connectivity index (χ3n) is 6.80. The summed E-state index contributed by atoms with van der Waals surface area (Å²) >= 11 is 0. The number of nitrogens with zero attached hydrogens (tertiary/aromatic N) is 5. The molecule has 20 heteroatoms. The first-order valence-electron chi connectivity index (χ1n) is 14.1. The number of fused-ring (bicyclic) bond motifs is 1. The van der Waals surface area contributed by atoms with E-state index in [1.165, 1.54) is 8.99 Å². The second kappa shape index (κ2) is 16.7. The van der Waals surface area contributed by atoms with Crippen LogP contribution >= 0.6 is 0 Å². The standard InChI is InChI=1S/C22H30N6O4S.C4H11NO3.H2O4S/c1-5-7-17-19-20(27(4)25-17)22(29)24-21(23-19)16-14-15(8-9-18(16)32-6-2)33(30,31)28-12-10-26(3)11-13-28;5-4(1-6,2-7)3-8;1-5(2,3)4/h8-9,14H,5-7,10-13H2,1-4H3,(H,23,24,29);6-8H,1-3,5H2;(H2,1,2,3,4)/p-2. The van der Waals surface area contributed by atoms with Crippen LogP contribution in [0.3, 0.4) is 0 Å². The topological polar surface area (TPSA) is 280 Å². The van der Waals surface area contributed by atoms with Gasteiger partial charge in [-0.1, -0.05) is 13.3 Å². The minimum Gasteiger partial charge on any atom is -0.759 e. The summed E-state index contributed by atoms with van der Waals surface area (Å²) in [6, 6.07) is 4.71. The Balaban J connectivity index is 0.000000478. The van der Waals surface area contributed by atoms with E-state index >= 15 is 0 Å². The van der Waals surface area contributed by atoms with Gasteiger partial charge in [0.2, 0.25) is 10.0 Å². The summed E-state index contributed by atoms with van der Waals surface area (Å²) in [6.07, 6.45) is 1.54. The Morgan fingerprint density at radius 2 is 1.59 bits per heavy atom. The number of likely N-dealkylation sites (N-methyl/N-ethyl adjacent to an activating group) is 1. The molecule has 2 aromatic heterocycles. The molecule has 18 nitrogen and oxygen atoms in total. The molecule has 46 heavy (non-hydrogen) atoms. The van der Waals surface area contributed by atoms with Crippen molar-refractivity contribution in [3.05, 3.63) is 34.2 Å². The molecule has 6 N–H and O–H groups in total. The zero-order valence-corrected chi connectivity index (χ0v) is 27.7. The van der Waals surface area contributed by atoms with Gasteiger partial charge in [0, 0.05) is 43.6 Å². The van der Waals surface area contributed by atoms with Crippen LogP contribution in [0.4, 0.5) is 0 Å². The normalized spacial score (nSPS) is 14.7. The molecular formula is C26H41N7O11S2-2. The molecule has 1 fully saturated rings. The summed E-state index contributed by atoms with van der Waals surface area (Å²) in [7, 11) is -5.17. The predicted molar refractivity (Wildman–Crippen MR) is 165 cm³/mol. The number of benzene rings is 1. The van der Waals surface area contributed by atoms with E-state index < -0.39 is 45.8 Å². The summed E-state index contributed by atoms with van der Waals surface area (Å²) in [5.41, 5.74) is 5.68. The van der Waals surface area contributed by atoms with Crippen molar-refractivity contribution < 1.29 is 46.0 Å². The van der Waals surface area contributed by atoms with Crippen molar-refractivity contribution >= 4 is 31.5 Å². The maximum atomic E-state index is 13.3. The highest BCUT2D eigenvalue weighted by atomic mass is 32.3. The van der Waals surface area contributed by atoms with Crippen molar-refractivity contribution in [3.63, 3.8) is 0 Å². The van der Waals surface area contributed by atoms with Gasteiger partial charge in [-0.25, -0.2) is 13.4 Å². The molecule has 260 valence electrons. The fraction of sp³-hybridized carbons (Fsp3) is 0.577. The minimum atomic E-state index is -5.17. The molecule has 1 saturated heterocycles. The number of nitrogens with one attached hydrogen (secondary N) is 1. The Kier molecular flexibility index (Phi) is 14.2. The first-order chi connectivity index (χ1) is 21.4. The maximum absolute atomic E-state index is 13.3.